The number of amides is 1. The van der Waals surface area contributed by atoms with Crippen LogP contribution in [0.4, 0.5) is 11.4 Å². The van der Waals surface area contributed by atoms with Crippen LogP contribution in [0.5, 0.6) is 5.75 Å². The molecule has 166 valence electrons. The van der Waals surface area contributed by atoms with Crippen LogP contribution in [0.1, 0.15) is 12.5 Å². The SMILES string of the molecule is CCOC(=O)C1=c2c(c(O)c3s/c(=C(/C#N)C(N)=O)sc=3c2=O)N(c2ccc(C)cc2)C1=N. The zero-order valence-electron chi connectivity index (χ0n) is 17.4. The lowest BCUT2D eigenvalue weighted by atomic mass is 10.2. The Hall–Kier alpha value is -4.01. The van der Waals surface area contributed by atoms with Crippen LogP contribution >= 0.6 is 22.7 Å². The summed E-state index contributed by atoms with van der Waals surface area (Å²) in [6.45, 7) is 3.52. The van der Waals surface area contributed by atoms with Crippen molar-refractivity contribution in [2.75, 3.05) is 11.5 Å². The number of hydrogen-bond donors (Lipinski definition) is 3. The number of fused-ring (bicyclic) bond motifs is 1. The van der Waals surface area contributed by atoms with E-state index in [-0.39, 0.29) is 53.2 Å². The van der Waals surface area contributed by atoms with Crippen molar-refractivity contribution in [3.8, 4) is 11.8 Å². The Morgan fingerprint density at radius 1 is 1.24 bits per heavy atom. The maximum atomic E-state index is 13.5. The highest BCUT2D eigenvalue weighted by Crippen LogP contribution is 2.37. The van der Waals surface area contributed by atoms with Crippen molar-refractivity contribution >= 4 is 62.9 Å². The van der Waals surface area contributed by atoms with E-state index in [2.05, 4.69) is 0 Å². The third-order valence-electron chi connectivity index (χ3n) is 4.97. The lowest BCUT2D eigenvalue weighted by Crippen LogP contribution is -2.29. The molecule has 33 heavy (non-hydrogen) atoms. The van der Waals surface area contributed by atoms with Crippen molar-refractivity contribution in [1.29, 1.82) is 10.7 Å². The molecule has 0 saturated heterocycles. The van der Waals surface area contributed by atoms with Crippen LogP contribution < -0.4 is 25.1 Å². The molecule has 1 aliphatic carbocycles. The molecule has 4 N–H and O–H groups in total. The fourth-order valence-electron chi connectivity index (χ4n) is 3.50. The van der Waals surface area contributed by atoms with Crippen LogP contribution in [0.3, 0.4) is 0 Å². The number of nitrogens with zero attached hydrogens (tertiary/aromatic N) is 2. The predicted octanol–water partition coefficient (Wildman–Crippen LogP) is 0.911. The predicted molar refractivity (Wildman–Crippen MR) is 124 cm³/mol. The number of esters is 1. The summed E-state index contributed by atoms with van der Waals surface area (Å²) in [4.78, 5) is 39.2. The second-order valence-electron chi connectivity index (χ2n) is 7.02. The molecule has 2 aliphatic heterocycles. The Kier molecular flexibility index (Phi) is 5.49. The number of carbonyl (C=O) groups excluding carboxylic acids is 2. The lowest BCUT2D eigenvalue weighted by molar-refractivity contribution is -0.135. The first kappa shape index (κ1) is 22.2. The van der Waals surface area contributed by atoms with Crippen LogP contribution in [0.2, 0.25) is 0 Å². The molecule has 1 aromatic carbocycles. The minimum atomic E-state index is -0.957. The Morgan fingerprint density at radius 3 is 2.45 bits per heavy atom. The summed E-state index contributed by atoms with van der Waals surface area (Å²) in [5, 5.41) is 29.0. The molecule has 0 fully saturated rings. The van der Waals surface area contributed by atoms with Gasteiger partial charge in [-0.2, -0.15) is 5.26 Å². The monoisotopic (exact) mass is 480 g/mol. The molecule has 0 aromatic heterocycles. The maximum Gasteiger partial charge on any atom is 0.342 e. The molecule has 4 rings (SSSR count). The van der Waals surface area contributed by atoms with Gasteiger partial charge >= 0.3 is 5.97 Å². The number of anilines is 2. The summed E-state index contributed by atoms with van der Waals surface area (Å²) in [7, 11) is 0. The molecule has 0 bridgehead atoms. The number of carbonyl (C=O) groups is 2. The first-order chi connectivity index (χ1) is 15.7. The molecule has 0 radical (unpaired) electrons. The van der Waals surface area contributed by atoms with Gasteiger partial charge < -0.3 is 15.6 Å². The van der Waals surface area contributed by atoms with E-state index in [1.54, 1.807) is 37.3 Å². The summed E-state index contributed by atoms with van der Waals surface area (Å²) in [5.74, 6) is -2.47. The van der Waals surface area contributed by atoms with E-state index in [9.17, 15) is 24.8 Å². The molecule has 0 unspecified atom stereocenters. The highest BCUT2D eigenvalue weighted by molar-refractivity contribution is 7.25. The Balaban J connectivity index is 2.19. The van der Waals surface area contributed by atoms with Gasteiger partial charge in [-0.15, -0.1) is 22.7 Å². The number of primary amides is 1. The normalized spacial score (nSPS) is 13.7. The number of aromatic hydroxyl groups is 1. The van der Waals surface area contributed by atoms with Gasteiger partial charge in [-0.25, -0.2) is 4.79 Å². The first-order valence-corrected chi connectivity index (χ1v) is 11.2. The molecule has 0 spiro atoms. The molecule has 1 amide bonds. The van der Waals surface area contributed by atoms with Gasteiger partial charge in [0.15, 0.2) is 5.75 Å². The Labute approximate surface area is 194 Å². The molecule has 1 aromatic rings. The molecule has 9 nitrogen and oxygen atoms in total. The molecule has 0 saturated carbocycles. The van der Waals surface area contributed by atoms with Crippen molar-refractivity contribution in [1.82, 2.24) is 0 Å². The van der Waals surface area contributed by atoms with Gasteiger partial charge in [0.05, 0.1) is 20.9 Å². The third-order valence-corrected chi connectivity index (χ3v) is 7.58. The lowest BCUT2D eigenvalue weighted by Gasteiger charge is -2.21. The summed E-state index contributed by atoms with van der Waals surface area (Å²) in [6.07, 6.45) is 0. The minimum absolute atomic E-state index is 0.0254. The molecule has 0 atom stereocenters. The summed E-state index contributed by atoms with van der Waals surface area (Å²) >= 11 is 1.70. The fraction of sp³-hybridized carbons (Fsp3) is 0.136. The van der Waals surface area contributed by atoms with Crippen LogP contribution in [-0.4, -0.2) is 29.4 Å². The van der Waals surface area contributed by atoms with Gasteiger partial charge in [0.25, 0.3) is 5.91 Å². The third kappa shape index (κ3) is 3.36. The van der Waals surface area contributed by atoms with Crippen molar-refractivity contribution in [2.24, 2.45) is 5.73 Å². The number of rotatable bonds is 4. The van der Waals surface area contributed by atoms with E-state index in [1.807, 2.05) is 6.92 Å². The average Bonchev–Trinajstić information content (AvgIpc) is 3.33. The van der Waals surface area contributed by atoms with Crippen molar-refractivity contribution < 1.29 is 19.4 Å². The van der Waals surface area contributed by atoms with E-state index in [1.165, 1.54) is 4.90 Å². The van der Waals surface area contributed by atoms with Gasteiger partial charge in [-0.05, 0) is 26.0 Å². The topological polar surface area (TPSA) is 158 Å². The summed E-state index contributed by atoms with van der Waals surface area (Å²) in [5.41, 5.74) is 5.44. The Bertz CT molecular complexity index is 1640. The number of nitriles is 1. The number of hydrogen-bond acceptors (Lipinski definition) is 9. The highest BCUT2D eigenvalue weighted by Gasteiger charge is 2.37. The summed E-state index contributed by atoms with van der Waals surface area (Å²) in [6, 6.07) is 8.72. The van der Waals surface area contributed by atoms with Crippen molar-refractivity contribution in [2.45, 2.75) is 13.8 Å². The molecule has 2 heterocycles. The zero-order valence-corrected chi connectivity index (χ0v) is 19.0. The standard InChI is InChI=1S/C22H16N4O5S2/c1-3-31-21(30)13-12-14(26(19(13)24)10-6-4-9(2)5-7-10)16(28)18-17(15(12)27)32-22(33-18)11(8-23)20(25)29/h4-7,24,28H,3H2,1-2H3,(H2,25,29)/b22-11-,24-19?. The van der Waals surface area contributed by atoms with Gasteiger partial charge in [0, 0.05) is 5.69 Å². The van der Waals surface area contributed by atoms with Crippen LogP contribution in [0, 0.1) is 32.7 Å². The summed E-state index contributed by atoms with van der Waals surface area (Å²) < 4.78 is 5.42. The average molecular weight is 481 g/mol. The minimum Gasteiger partial charge on any atom is -0.504 e. The number of nitrogens with two attached hydrogens (primary N) is 1. The van der Waals surface area contributed by atoms with Gasteiger partial charge in [0.2, 0.25) is 5.43 Å². The van der Waals surface area contributed by atoms with Crippen molar-refractivity contribution in [3.63, 3.8) is 0 Å². The molecule has 11 heteroatoms. The van der Waals surface area contributed by atoms with Crippen molar-refractivity contribution in [3.05, 3.63) is 58.2 Å². The number of benzene rings is 1. The smallest absolute Gasteiger partial charge is 0.342 e. The van der Waals surface area contributed by atoms with E-state index in [0.29, 0.717) is 5.69 Å². The quantitative estimate of drug-likeness (QED) is 0.468. The second-order valence-corrected chi connectivity index (χ2v) is 9.32. The first-order valence-electron chi connectivity index (χ1n) is 9.61. The molecular weight excluding hydrogens is 464 g/mol. The highest BCUT2D eigenvalue weighted by atomic mass is 32.2. The van der Waals surface area contributed by atoms with E-state index < -0.39 is 17.3 Å². The van der Waals surface area contributed by atoms with Crippen LogP contribution in [0.25, 0.3) is 11.1 Å². The molecular formula is C22H16N4O5S2. The van der Waals surface area contributed by atoms with Gasteiger partial charge in [-0.3, -0.25) is 19.9 Å². The van der Waals surface area contributed by atoms with E-state index in [4.69, 9.17) is 15.9 Å². The number of ether oxygens (including phenoxy) is 1. The van der Waals surface area contributed by atoms with Gasteiger partial charge in [-0.1, -0.05) is 17.7 Å². The second kappa shape index (κ2) is 8.16. The van der Waals surface area contributed by atoms with E-state index in [0.717, 1.165) is 28.2 Å². The number of aryl methyl sites for hydroxylation is 1. The number of nitrogens with one attached hydrogen (secondary N) is 1. The van der Waals surface area contributed by atoms with E-state index >= 15 is 0 Å². The maximum absolute atomic E-state index is 13.5. The zero-order chi connectivity index (χ0) is 24.0. The van der Waals surface area contributed by atoms with Crippen LogP contribution in [0.15, 0.2) is 29.1 Å². The Morgan fingerprint density at radius 2 is 1.88 bits per heavy atom. The largest absolute Gasteiger partial charge is 0.504 e. The molecule has 3 aliphatic rings. The fourth-order valence-corrected chi connectivity index (χ4v) is 6.05. The van der Waals surface area contributed by atoms with Gasteiger partial charge in [0.1, 0.15) is 32.6 Å². The number of amidine groups is 1. The van der Waals surface area contributed by atoms with Crippen LogP contribution in [-0.2, 0) is 14.3 Å².